The monoisotopic (exact) mass is 624 g/mol. The molecule has 41 heavy (non-hydrogen) atoms. The van der Waals surface area contributed by atoms with Crippen molar-refractivity contribution in [2.24, 2.45) is 0 Å². The van der Waals surface area contributed by atoms with Gasteiger partial charge in [-0.1, -0.05) is 34.4 Å². The quantitative estimate of drug-likeness (QED) is 0.203. The molecule has 2 heterocycles. The molecule has 214 valence electrons. The predicted molar refractivity (Wildman–Crippen MR) is 147 cm³/mol. The van der Waals surface area contributed by atoms with Gasteiger partial charge in [0.25, 0.3) is 5.89 Å². The van der Waals surface area contributed by atoms with Crippen molar-refractivity contribution >= 4 is 45.9 Å². The Balaban J connectivity index is 1.30. The third-order valence-electron chi connectivity index (χ3n) is 6.83. The summed E-state index contributed by atoms with van der Waals surface area (Å²) in [6.07, 6.45) is -1.81. The number of alkyl halides is 3. The van der Waals surface area contributed by atoms with E-state index < -0.39 is 33.5 Å². The van der Waals surface area contributed by atoms with Gasteiger partial charge in [0.2, 0.25) is 5.91 Å². The van der Waals surface area contributed by atoms with E-state index in [1.165, 1.54) is 18.3 Å². The molecule has 14 heteroatoms. The third-order valence-corrected chi connectivity index (χ3v) is 8.30. The number of anilines is 1. The van der Waals surface area contributed by atoms with Gasteiger partial charge in [0.05, 0.1) is 22.6 Å². The van der Waals surface area contributed by atoms with Gasteiger partial charge in [-0.3, -0.25) is 9.78 Å². The normalized spacial score (nSPS) is 15.8. The van der Waals surface area contributed by atoms with E-state index in [2.05, 4.69) is 20.4 Å². The second kappa shape index (κ2) is 11.2. The molecule has 4 aromatic rings. The van der Waals surface area contributed by atoms with E-state index in [9.17, 15) is 26.7 Å². The van der Waals surface area contributed by atoms with Crippen LogP contribution in [0.25, 0.3) is 11.5 Å². The average Bonchev–Trinajstić information content (AvgIpc) is 3.53. The molecule has 2 N–H and O–H groups in total. The van der Waals surface area contributed by atoms with Crippen LogP contribution >= 0.6 is 23.2 Å². The second-order valence-electron chi connectivity index (χ2n) is 9.62. The van der Waals surface area contributed by atoms with Crippen molar-refractivity contribution in [1.82, 2.24) is 15.1 Å². The Morgan fingerprint density at radius 3 is 2.34 bits per heavy atom. The summed E-state index contributed by atoms with van der Waals surface area (Å²) in [7, 11) is 0. The number of carbonyl (C=O) groups is 1. The Bertz CT molecular complexity index is 1600. The summed E-state index contributed by atoms with van der Waals surface area (Å²) in [5.41, 5.74) is 0.789. The van der Waals surface area contributed by atoms with Crippen LogP contribution in [0.5, 0.6) is 0 Å². The molecule has 0 saturated heterocycles. The Morgan fingerprint density at radius 2 is 1.80 bits per heavy atom. The van der Waals surface area contributed by atoms with Crippen LogP contribution in [0.3, 0.4) is 0 Å². The van der Waals surface area contributed by atoms with Crippen LogP contribution in [0, 0.1) is 0 Å². The highest BCUT2D eigenvalue weighted by molar-refractivity contribution is 7.79. The molecule has 1 aliphatic rings. The van der Waals surface area contributed by atoms with E-state index in [-0.39, 0.29) is 28.3 Å². The Labute approximate surface area is 244 Å². The van der Waals surface area contributed by atoms with Gasteiger partial charge < -0.3 is 14.4 Å². The predicted octanol–water partition coefficient (Wildman–Crippen LogP) is 7.00. The number of aromatic nitrogens is 3. The molecular formula is C27H21Cl2F3N4O4S. The van der Waals surface area contributed by atoms with Gasteiger partial charge in [-0.05, 0) is 67.8 Å². The minimum absolute atomic E-state index is 0.0482. The van der Waals surface area contributed by atoms with Crippen LogP contribution in [0.1, 0.15) is 53.2 Å². The molecule has 2 atom stereocenters. The van der Waals surface area contributed by atoms with E-state index in [1.54, 1.807) is 31.2 Å². The number of rotatable bonds is 8. The topological polar surface area (TPSA) is 118 Å². The summed E-state index contributed by atoms with van der Waals surface area (Å²) < 4.78 is 64.5. The number of hydrogen-bond acceptors (Lipinski definition) is 6. The van der Waals surface area contributed by atoms with Crippen LogP contribution in [0.2, 0.25) is 10.0 Å². The van der Waals surface area contributed by atoms with Crippen molar-refractivity contribution in [3.05, 3.63) is 93.0 Å². The SMILES string of the molecule is CC(c1ccc(CC(=O)Nc2cc(Cl)c(C3(c4noc(-c5ccc(C(F)(F)F)cc5)n4)CC3)c(Cl)c2)nc1)S(=O)O. The van der Waals surface area contributed by atoms with E-state index in [0.717, 1.165) is 12.1 Å². The lowest BCUT2D eigenvalue weighted by molar-refractivity contribution is -0.137. The lowest BCUT2D eigenvalue weighted by atomic mass is 9.94. The van der Waals surface area contributed by atoms with Gasteiger partial charge in [-0.15, -0.1) is 0 Å². The number of amides is 1. The number of hydrogen-bond donors (Lipinski definition) is 2. The van der Waals surface area contributed by atoms with Gasteiger partial charge in [0, 0.05) is 38.8 Å². The first-order valence-electron chi connectivity index (χ1n) is 12.2. The molecular weight excluding hydrogens is 604 g/mol. The highest BCUT2D eigenvalue weighted by atomic mass is 35.5. The lowest BCUT2D eigenvalue weighted by Gasteiger charge is -2.17. The van der Waals surface area contributed by atoms with E-state index in [4.69, 9.17) is 27.7 Å². The van der Waals surface area contributed by atoms with E-state index in [1.807, 2.05) is 0 Å². The van der Waals surface area contributed by atoms with Gasteiger partial charge in [0.15, 0.2) is 16.9 Å². The van der Waals surface area contributed by atoms with Crippen LogP contribution in [0.4, 0.5) is 18.9 Å². The molecule has 0 aliphatic heterocycles. The molecule has 2 aromatic heterocycles. The van der Waals surface area contributed by atoms with Crippen LogP contribution in [-0.4, -0.2) is 29.8 Å². The van der Waals surface area contributed by atoms with Crippen molar-refractivity contribution in [2.45, 2.75) is 43.0 Å². The zero-order chi connectivity index (χ0) is 29.5. The minimum Gasteiger partial charge on any atom is -0.334 e. The molecule has 0 spiro atoms. The van der Waals surface area contributed by atoms with E-state index >= 15 is 0 Å². The maximum atomic E-state index is 12.9. The number of pyridine rings is 1. The lowest BCUT2D eigenvalue weighted by Crippen LogP contribution is -2.17. The van der Waals surface area contributed by atoms with Crippen molar-refractivity contribution in [1.29, 1.82) is 0 Å². The number of carbonyl (C=O) groups excluding carboxylic acids is 1. The number of nitrogens with zero attached hydrogens (tertiary/aromatic N) is 3. The molecule has 1 saturated carbocycles. The second-order valence-corrected chi connectivity index (χ2v) is 11.7. The molecule has 1 amide bonds. The Morgan fingerprint density at radius 1 is 1.15 bits per heavy atom. The molecule has 5 rings (SSSR count). The first kappa shape index (κ1) is 29.2. The smallest absolute Gasteiger partial charge is 0.334 e. The number of nitrogens with one attached hydrogen (secondary N) is 1. The molecule has 1 fully saturated rings. The largest absolute Gasteiger partial charge is 0.416 e. The summed E-state index contributed by atoms with van der Waals surface area (Å²) >= 11 is 11.2. The molecule has 2 unspecified atom stereocenters. The van der Waals surface area contributed by atoms with Crippen molar-refractivity contribution in [2.75, 3.05) is 5.32 Å². The Kier molecular flexibility index (Phi) is 7.94. The molecule has 0 bridgehead atoms. The zero-order valence-electron chi connectivity index (χ0n) is 21.2. The maximum absolute atomic E-state index is 12.9. The van der Waals surface area contributed by atoms with Gasteiger partial charge in [0.1, 0.15) is 0 Å². The minimum atomic E-state index is -4.46. The van der Waals surface area contributed by atoms with Crippen molar-refractivity contribution in [3.63, 3.8) is 0 Å². The fraction of sp³-hybridized carbons (Fsp3) is 0.259. The fourth-order valence-corrected chi connectivity index (χ4v) is 5.64. The van der Waals surface area contributed by atoms with Gasteiger partial charge in [-0.25, -0.2) is 4.21 Å². The standard InChI is InChI=1S/C27H21Cl2F3N4O4S/c1-14(41(38)39)16-4-7-18(33-13-16)12-22(37)34-19-10-20(28)23(21(29)11-19)26(8-9-26)25-35-24(40-36-25)15-2-5-17(6-3-15)27(30,31)32/h2-7,10-11,13-14H,8-9,12H2,1H3,(H,34,37)(H,38,39). The summed E-state index contributed by atoms with van der Waals surface area (Å²) in [4.78, 5) is 21.3. The third kappa shape index (κ3) is 6.15. The molecule has 2 aromatic carbocycles. The molecule has 0 radical (unpaired) electrons. The fourth-order valence-electron chi connectivity index (χ4n) is 4.42. The highest BCUT2D eigenvalue weighted by Crippen LogP contribution is 2.57. The van der Waals surface area contributed by atoms with Crippen LogP contribution in [-0.2, 0) is 33.9 Å². The average molecular weight is 625 g/mol. The van der Waals surface area contributed by atoms with Gasteiger partial charge in [-0.2, -0.15) is 18.2 Å². The summed E-state index contributed by atoms with van der Waals surface area (Å²) in [5, 5.41) is 6.76. The van der Waals surface area contributed by atoms with E-state index in [0.29, 0.717) is 46.7 Å². The van der Waals surface area contributed by atoms with Gasteiger partial charge >= 0.3 is 6.18 Å². The molecule has 8 nitrogen and oxygen atoms in total. The summed E-state index contributed by atoms with van der Waals surface area (Å²) in [5.74, 6) is 0.00288. The zero-order valence-corrected chi connectivity index (χ0v) is 23.5. The van der Waals surface area contributed by atoms with Crippen molar-refractivity contribution < 1.29 is 31.3 Å². The van der Waals surface area contributed by atoms with Crippen molar-refractivity contribution in [3.8, 4) is 11.5 Å². The highest BCUT2D eigenvalue weighted by Gasteiger charge is 2.52. The number of benzene rings is 2. The summed E-state index contributed by atoms with van der Waals surface area (Å²) in [6, 6.07) is 10.8. The summed E-state index contributed by atoms with van der Waals surface area (Å²) in [6.45, 7) is 1.60. The van der Waals surface area contributed by atoms with Crippen LogP contribution < -0.4 is 5.32 Å². The maximum Gasteiger partial charge on any atom is 0.416 e. The Hall–Kier alpha value is -3.32. The van der Waals surface area contributed by atoms with Crippen LogP contribution in [0.15, 0.2) is 59.3 Å². The number of halogens is 5. The first-order chi connectivity index (χ1) is 19.4. The molecule has 1 aliphatic carbocycles. The first-order valence-corrected chi connectivity index (χ1v) is 14.2.